The van der Waals surface area contributed by atoms with Gasteiger partial charge in [-0.15, -0.1) is 3.77 Å². The van der Waals surface area contributed by atoms with Gasteiger partial charge in [0.25, 0.3) is 10.0 Å². The zero-order valence-corrected chi connectivity index (χ0v) is 16.6. The van der Waals surface area contributed by atoms with Crippen LogP contribution in [-0.2, 0) is 32.2 Å². The molecule has 0 N–H and O–H groups in total. The normalized spacial score (nSPS) is 11.3. The molecule has 0 amide bonds. The molecule has 3 rings (SSSR count). The van der Waals surface area contributed by atoms with Crippen LogP contribution >= 0.6 is 0 Å². The van der Waals surface area contributed by atoms with Crippen molar-refractivity contribution in [2.24, 2.45) is 3.77 Å². The SMILES string of the molecule is COc1ccc(S(=O)(=O)N=S(Cc2ccccc2)Cc2ccccc2)cc1. The van der Waals surface area contributed by atoms with Crippen LogP contribution in [0.3, 0.4) is 0 Å². The van der Waals surface area contributed by atoms with Crippen LogP contribution in [0.15, 0.2) is 93.6 Å². The van der Waals surface area contributed by atoms with E-state index in [0.29, 0.717) is 17.3 Å². The molecule has 0 aromatic heterocycles. The molecule has 0 aliphatic carbocycles. The lowest BCUT2D eigenvalue weighted by Gasteiger charge is -2.10. The molecular weight excluding hydrogens is 378 g/mol. The fourth-order valence-electron chi connectivity index (χ4n) is 2.57. The van der Waals surface area contributed by atoms with Crippen molar-refractivity contribution in [3.63, 3.8) is 0 Å². The lowest BCUT2D eigenvalue weighted by molar-refractivity contribution is 0.414. The van der Waals surface area contributed by atoms with Crippen molar-refractivity contribution in [2.75, 3.05) is 7.11 Å². The minimum atomic E-state index is -3.74. The van der Waals surface area contributed by atoms with Gasteiger partial charge in [-0.1, -0.05) is 71.4 Å². The molecule has 0 bridgehead atoms. The molecule has 0 aliphatic rings. The summed E-state index contributed by atoms with van der Waals surface area (Å²) in [5.41, 5.74) is 2.15. The molecule has 27 heavy (non-hydrogen) atoms. The average molecular weight is 400 g/mol. The van der Waals surface area contributed by atoms with Crippen LogP contribution in [0.1, 0.15) is 11.1 Å². The Balaban J connectivity index is 1.94. The maximum atomic E-state index is 12.8. The number of hydrogen-bond donors (Lipinski definition) is 0. The van der Waals surface area contributed by atoms with E-state index in [9.17, 15) is 8.42 Å². The largest absolute Gasteiger partial charge is 0.497 e. The summed E-state index contributed by atoms with van der Waals surface area (Å²) in [4.78, 5) is 0.182. The Morgan fingerprint density at radius 2 is 1.26 bits per heavy atom. The van der Waals surface area contributed by atoms with E-state index >= 15 is 0 Å². The lowest BCUT2D eigenvalue weighted by Crippen LogP contribution is -2.05. The van der Waals surface area contributed by atoms with E-state index in [0.717, 1.165) is 11.1 Å². The van der Waals surface area contributed by atoms with Crippen LogP contribution < -0.4 is 4.74 Å². The Morgan fingerprint density at radius 1 is 0.778 bits per heavy atom. The minimum Gasteiger partial charge on any atom is -0.497 e. The van der Waals surface area contributed by atoms with E-state index in [2.05, 4.69) is 3.77 Å². The molecule has 140 valence electrons. The highest BCUT2D eigenvalue weighted by molar-refractivity contribution is 7.99. The third kappa shape index (κ3) is 5.52. The molecule has 4 nitrogen and oxygen atoms in total. The molecule has 0 saturated carbocycles. The highest BCUT2D eigenvalue weighted by Crippen LogP contribution is 2.20. The molecular formula is C21H21NO3S2. The molecule has 0 heterocycles. The van der Waals surface area contributed by atoms with Gasteiger partial charge in [0, 0.05) is 11.5 Å². The van der Waals surface area contributed by atoms with Crippen LogP contribution in [0.5, 0.6) is 5.75 Å². The molecule has 0 spiro atoms. The molecule has 0 saturated heterocycles. The Bertz CT molecular complexity index is 957. The summed E-state index contributed by atoms with van der Waals surface area (Å²) >= 11 is 0. The first-order valence-corrected chi connectivity index (χ1v) is 11.4. The van der Waals surface area contributed by atoms with Gasteiger partial charge in [0.2, 0.25) is 0 Å². The summed E-state index contributed by atoms with van der Waals surface area (Å²) in [6.45, 7) is 0. The van der Waals surface area contributed by atoms with Crippen molar-refractivity contribution in [3.05, 3.63) is 96.1 Å². The number of methoxy groups -OCH3 is 1. The van der Waals surface area contributed by atoms with E-state index in [1.807, 2.05) is 60.7 Å². The maximum Gasteiger partial charge on any atom is 0.287 e. The quantitative estimate of drug-likeness (QED) is 0.584. The van der Waals surface area contributed by atoms with Crippen molar-refractivity contribution in [1.82, 2.24) is 0 Å². The average Bonchev–Trinajstić information content (AvgIpc) is 2.69. The number of ether oxygens (including phenoxy) is 1. The van der Waals surface area contributed by atoms with Gasteiger partial charge >= 0.3 is 0 Å². The molecule has 6 heteroatoms. The second-order valence-corrected chi connectivity index (χ2v) is 9.47. The van der Waals surface area contributed by atoms with Crippen LogP contribution in [-0.4, -0.2) is 15.5 Å². The molecule has 0 unspecified atom stereocenters. The van der Waals surface area contributed by atoms with Crippen LogP contribution in [0, 0.1) is 0 Å². The summed E-state index contributed by atoms with van der Waals surface area (Å²) in [7, 11) is -2.89. The molecule has 3 aromatic rings. The highest BCUT2D eigenvalue weighted by Gasteiger charge is 2.15. The Kier molecular flexibility index (Phi) is 6.42. The van der Waals surface area contributed by atoms with Gasteiger partial charge in [0.05, 0.1) is 12.0 Å². The zero-order valence-electron chi connectivity index (χ0n) is 15.0. The first kappa shape index (κ1) is 19.3. The topological polar surface area (TPSA) is 55.7 Å². The predicted octanol–water partition coefficient (Wildman–Crippen LogP) is 4.59. The van der Waals surface area contributed by atoms with Crippen molar-refractivity contribution < 1.29 is 13.2 Å². The molecule has 0 fully saturated rings. The Hall–Kier alpha value is -2.44. The Morgan fingerprint density at radius 3 is 1.70 bits per heavy atom. The van der Waals surface area contributed by atoms with Gasteiger partial charge in [0.1, 0.15) is 5.75 Å². The minimum absolute atomic E-state index is 0.182. The number of sulfonamides is 1. The predicted molar refractivity (Wildman–Crippen MR) is 110 cm³/mol. The van der Waals surface area contributed by atoms with Gasteiger partial charge in [-0.25, -0.2) is 0 Å². The van der Waals surface area contributed by atoms with Crippen molar-refractivity contribution in [2.45, 2.75) is 16.4 Å². The molecule has 3 aromatic carbocycles. The van der Waals surface area contributed by atoms with E-state index in [1.165, 1.54) is 12.1 Å². The van der Waals surface area contributed by atoms with Crippen molar-refractivity contribution in [1.29, 1.82) is 0 Å². The summed E-state index contributed by atoms with van der Waals surface area (Å²) in [6, 6.07) is 26.1. The van der Waals surface area contributed by atoms with Crippen LogP contribution in [0.25, 0.3) is 0 Å². The summed E-state index contributed by atoms with van der Waals surface area (Å²) in [5, 5.41) is 0. The second-order valence-electron chi connectivity index (χ2n) is 5.95. The number of hydrogen-bond acceptors (Lipinski definition) is 3. The second kappa shape index (κ2) is 8.97. The van der Waals surface area contributed by atoms with Gasteiger partial charge in [-0.05, 0) is 35.4 Å². The fourth-order valence-corrected chi connectivity index (χ4v) is 6.18. The smallest absolute Gasteiger partial charge is 0.287 e. The zero-order chi connectivity index (χ0) is 19.1. The van der Waals surface area contributed by atoms with Gasteiger partial charge < -0.3 is 4.74 Å². The fraction of sp³-hybridized carbons (Fsp3) is 0.143. The van der Waals surface area contributed by atoms with E-state index in [1.54, 1.807) is 19.2 Å². The van der Waals surface area contributed by atoms with Gasteiger partial charge in [0.15, 0.2) is 0 Å². The highest BCUT2D eigenvalue weighted by atomic mass is 32.3. The standard InChI is InChI=1S/C21H21NO3S2/c1-25-20-12-14-21(15-13-20)27(23,24)22-26(16-18-8-4-2-5-9-18)17-19-10-6-3-7-11-19/h2-15H,16-17H2,1H3. The van der Waals surface area contributed by atoms with Gasteiger partial charge in [-0.3, -0.25) is 0 Å². The van der Waals surface area contributed by atoms with Gasteiger partial charge in [-0.2, -0.15) is 8.42 Å². The molecule has 0 atom stereocenters. The molecule has 0 radical (unpaired) electrons. The molecule has 0 aliphatic heterocycles. The monoisotopic (exact) mass is 399 g/mol. The third-order valence-corrected chi connectivity index (χ3v) is 7.74. The lowest BCUT2D eigenvalue weighted by atomic mass is 10.2. The third-order valence-electron chi connectivity index (χ3n) is 3.91. The van der Waals surface area contributed by atoms with Crippen LogP contribution in [0.4, 0.5) is 0 Å². The van der Waals surface area contributed by atoms with Crippen LogP contribution in [0.2, 0.25) is 0 Å². The Labute approximate surface area is 163 Å². The number of nitrogens with zero attached hydrogens (tertiary/aromatic N) is 1. The summed E-state index contributed by atoms with van der Waals surface area (Å²) in [5.74, 6) is 1.79. The van der Waals surface area contributed by atoms with E-state index in [-0.39, 0.29) is 4.90 Å². The van der Waals surface area contributed by atoms with Crippen molar-refractivity contribution >= 4 is 20.7 Å². The first-order chi connectivity index (χ1) is 13.1. The number of rotatable bonds is 7. The summed E-state index contributed by atoms with van der Waals surface area (Å²) in [6.07, 6.45) is 0. The van der Waals surface area contributed by atoms with E-state index < -0.39 is 20.7 Å². The maximum absolute atomic E-state index is 12.8. The first-order valence-electron chi connectivity index (χ1n) is 8.44. The van der Waals surface area contributed by atoms with E-state index in [4.69, 9.17) is 4.74 Å². The number of benzene rings is 3. The van der Waals surface area contributed by atoms with Crippen molar-refractivity contribution in [3.8, 4) is 5.75 Å². The summed E-state index contributed by atoms with van der Waals surface area (Å²) < 4.78 is 35.0.